The molecule has 0 radical (unpaired) electrons. The standard InChI is InChI=1S/C19H17N3O5S/c20-28(25,26)16-10-11-18(23)17(12-16)22-19(24)21-13-6-8-15(9-7-13)27-14-4-2-1-3-5-14/h1-12,23H,(H2,20,25,26)(H2,21,22,24). The zero-order valence-corrected chi connectivity index (χ0v) is 15.3. The van der Waals surface area contributed by atoms with E-state index in [-0.39, 0.29) is 16.3 Å². The molecular formula is C19H17N3O5S. The molecule has 0 aromatic heterocycles. The Labute approximate surface area is 161 Å². The number of phenols is 1. The number of para-hydroxylation sites is 1. The number of benzene rings is 3. The summed E-state index contributed by atoms with van der Waals surface area (Å²) in [5.74, 6) is 0.982. The Morgan fingerprint density at radius 1 is 0.893 bits per heavy atom. The number of anilines is 2. The smallest absolute Gasteiger partial charge is 0.323 e. The summed E-state index contributed by atoms with van der Waals surface area (Å²) in [4.78, 5) is 11.9. The number of rotatable bonds is 5. The van der Waals surface area contributed by atoms with E-state index in [2.05, 4.69) is 10.6 Å². The first-order chi connectivity index (χ1) is 13.3. The minimum atomic E-state index is -3.96. The average Bonchev–Trinajstić information content (AvgIpc) is 2.65. The van der Waals surface area contributed by atoms with Crippen molar-refractivity contribution in [3.63, 3.8) is 0 Å². The van der Waals surface area contributed by atoms with Gasteiger partial charge in [-0.2, -0.15) is 0 Å². The molecule has 3 aromatic rings. The zero-order chi connectivity index (χ0) is 20.1. The van der Waals surface area contributed by atoms with E-state index in [1.54, 1.807) is 24.3 Å². The van der Waals surface area contributed by atoms with Gasteiger partial charge in [0.15, 0.2) is 0 Å². The molecule has 0 spiro atoms. The number of hydrogen-bond donors (Lipinski definition) is 4. The number of nitrogens with one attached hydrogen (secondary N) is 2. The minimum absolute atomic E-state index is 0.0898. The number of hydrogen-bond acceptors (Lipinski definition) is 5. The number of carbonyl (C=O) groups excluding carboxylic acids is 1. The fourth-order valence-electron chi connectivity index (χ4n) is 2.31. The first-order valence-corrected chi connectivity index (χ1v) is 9.63. The third kappa shape index (κ3) is 5.00. The van der Waals surface area contributed by atoms with Gasteiger partial charge in [-0.3, -0.25) is 0 Å². The molecule has 0 unspecified atom stereocenters. The van der Waals surface area contributed by atoms with Gasteiger partial charge in [0.25, 0.3) is 0 Å². The van der Waals surface area contributed by atoms with Crippen molar-refractivity contribution in [2.45, 2.75) is 4.90 Å². The van der Waals surface area contributed by atoms with Crippen LogP contribution in [0.5, 0.6) is 17.2 Å². The van der Waals surface area contributed by atoms with Crippen LogP contribution in [0.15, 0.2) is 77.7 Å². The van der Waals surface area contributed by atoms with Crippen LogP contribution in [-0.2, 0) is 10.0 Å². The van der Waals surface area contributed by atoms with E-state index in [0.29, 0.717) is 17.2 Å². The maximum Gasteiger partial charge on any atom is 0.323 e. The van der Waals surface area contributed by atoms with Crippen LogP contribution in [0.25, 0.3) is 0 Å². The largest absolute Gasteiger partial charge is 0.506 e. The molecule has 0 aliphatic carbocycles. The Balaban J connectivity index is 1.65. The molecular weight excluding hydrogens is 382 g/mol. The van der Waals surface area contributed by atoms with E-state index in [0.717, 1.165) is 18.2 Å². The predicted octanol–water partition coefficient (Wildman–Crippen LogP) is 3.48. The second-order valence-electron chi connectivity index (χ2n) is 5.74. The van der Waals surface area contributed by atoms with Crippen LogP contribution in [0.2, 0.25) is 0 Å². The lowest BCUT2D eigenvalue weighted by Gasteiger charge is -2.11. The van der Waals surface area contributed by atoms with Crippen LogP contribution in [0.4, 0.5) is 16.2 Å². The highest BCUT2D eigenvalue weighted by Crippen LogP contribution is 2.26. The average molecular weight is 399 g/mol. The summed E-state index contributed by atoms with van der Waals surface area (Å²) in [6, 6.07) is 18.6. The summed E-state index contributed by atoms with van der Waals surface area (Å²) in [7, 11) is -3.96. The summed E-state index contributed by atoms with van der Waals surface area (Å²) in [6.45, 7) is 0. The highest BCUT2D eigenvalue weighted by Gasteiger charge is 2.13. The van der Waals surface area contributed by atoms with Crippen molar-refractivity contribution in [3.05, 3.63) is 72.8 Å². The van der Waals surface area contributed by atoms with Gasteiger partial charge in [-0.15, -0.1) is 0 Å². The molecule has 0 saturated carbocycles. The quantitative estimate of drug-likeness (QED) is 0.488. The maximum atomic E-state index is 12.1. The molecule has 0 heterocycles. The summed E-state index contributed by atoms with van der Waals surface area (Å²) in [6.07, 6.45) is 0. The lowest BCUT2D eigenvalue weighted by atomic mass is 10.3. The lowest BCUT2D eigenvalue weighted by Crippen LogP contribution is -2.20. The van der Waals surface area contributed by atoms with Gasteiger partial charge in [0.1, 0.15) is 17.2 Å². The van der Waals surface area contributed by atoms with Crippen molar-refractivity contribution < 1.29 is 23.1 Å². The highest BCUT2D eigenvalue weighted by atomic mass is 32.2. The number of amides is 2. The van der Waals surface area contributed by atoms with Crippen LogP contribution in [-0.4, -0.2) is 19.6 Å². The molecule has 0 aliphatic rings. The Hall–Kier alpha value is -3.56. The summed E-state index contributed by atoms with van der Waals surface area (Å²) >= 11 is 0. The van der Waals surface area contributed by atoms with Crippen LogP contribution >= 0.6 is 0 Å². The molecule has 0 aliphatic heterocycles. The molecule has 2 amide bonds. The summed E-state index contributed by atoms with van der Waals surface area (Å²) in [5, 5.41) is 19.8. The van der Waals surface area contributed by atoms with Gasteiger partial charge in [-0.1, -0.05) is 18.2 Å². The monoisotopic (exact) mass is 399 g/mol. The van der Waals surface area contributed by atoms with Crippen molar-refractivity contribution >= 4 is 27.4 Å². The van der Waals surface area contributed by atoms with E-state index < -0.39 is 16.1 Å². The van der Waals surface area contributed by atoms with Crippen molar-refractivity contribution in [2.75, 3.05) is 10.6 Å². The van der Waals surface area contributed by atoms with E-state index in [9.17, 15) is 18.3 Å². The van der Waals surface area contributed by atoms with Crippen LogP contribution < -0.4 is 20.5 Å². The molecule has 0 atom stereocenters. The van der Waals surface area contributed by atoms with Crippen molar-refractivity contribution in [1.29, 1.82) is 0 Å². The summed E-state index contributed by atoms with van der Waals surface area (Å²) in [5.41, 5.74) is 0.382. The van der Waals surface area contributed by atoms with Gasteiger partial charge in [0.2, 0.25) is 10.0 Å². The first kappa shape index (κ1) is 19.2. The SMILES string of the molecule is NS(=O)(=O)c1ccc(O)c(NC(=O)Nc2ccc(Oc3ccccc3)cc2)c1. The minimum Gasteiger partial charge on any atom is -0.506 e. The molecule has 3 aromatic carbocycles. The molecule has 5 N–H and O–H groups in total. The fourth-order valence-corrected chi connectivity index (χ4v) is 2.85. The highest BCUT2D eigenvalue weighted by molar-refractivity contribution is 7.89. The molecule has 144 valence electrons. The number of sulfonamides is 1. The lowest BCUT2D eigenvalue weighted by molar-refractivity contribution is 0.262. The van der Waals surface area contributed by atoms with Crippen molar-refractivity contribution in [3.8, 4) is 17.2 Å². The Morgan fingerprint density at radius 3 is 2.18 bits per heavy atom. The topological polar surface area (TPSA) is 131 Å². The number of primary sulfonamides is 1. The van der Waals surface area contributed by atoms with E-state index in [1.807, 2.05) is 30.3 Å². The van der Waals surface area contributed by atoms with Crippen molar-refractivity contribution in [1.82, 2.24) is 0 Å². The van der Waals surface area contributed by atoms with Gasteiger partial charge >= 0.3 is 6.03 Å². The molecule has 0 fully saturated rings. The molecule has 3 rings (SSSR count). The number of aromatic hydroxyl groups is 1. The Kier molecular flexibility index (Phi) is 5.48. The predicted molar refractivity (Wildman–Crippen MR) is 105 cm³/mol. The Bertz CT molecular complexity index is 1080. The number of ether oxygens (including phenoxy) is 1. The third-order valence-electron chi connectivity index (χ3n) is 3.64. The molecule has 0 bridgehead atoms. The van der Waals surface area contributed by atoms with Gasteiger partial charge < -0.3 is 20.5 Å². The number of carbonyl (C=O) groups is 1. The van der Waals surface area contributed by atoms with Crippen LogP contribution in [0.1, 0.15) is 0 Å². The third-order valence-corrected chi connectivity index (χ3v) is 4.55. The van der Waals surface area contributed by atoms with Gasteiger partial charge in [-0.05, 0) is 54.6 Å². The second-order valence-corrected chi connectivity index (χ2v) is 7.30. The number of nitrogens with two attached hydrogens (primary N) is 1. The van der Waals surface area contributed by atoms with Crippen LogP contribution in [0.3, 0.4) is 0 Å². The maximum absolute atomic E-state index is 12.1. The summed E-state index contributed by atoms with van der Waals surface area (Å²) < 4.78 is 28.4. The zero-order valence-electron chi connectivity index (χ0n) is 14.5. The fraction of sp³-hybridized carbons (Fsp3) is 0. The van der Waals surface area contributed by atoms with Gasteiger partial charge in [0, 0.05) is 5.69 Å². The Morgan fingerprint density at radius 2 is 1.54 bits per heavy atom. The van der Waals surface area contributed by atoms with Gasteiger partial charge in [0.05, 0.1) is 10.6 Å². The molecule has 28 heavy (non-hydrogen) atoms. The van der Waals surface area contributed by atoms with E-state index >= 15 is 0 Å². The number of phenolic OH excluding ortho intramolecular Hbond substituents is 1. The normalized spacial score (nSPS) is 10.9. The first-order valence-electron chi connectivity index (χ1n) is 8.08. The van der Waals surface area contributed by atoms with Crippen LogP contribution in [0, 0.1) is 0 Å². The molecule has 9 heteroatoms. The van der Waals surface area contributed by atoms with Crippen molar-refractivity contribution in [2.24, 2.45) is 5.14 Å². The van der Waals surface area contributed by atoms with E-state index in [1.165, 1.54) is 0 Å². The molecule has 8 nitrogen and oxygen atoms in total. The van der Waals surface area contributed by atoms with E-state index in [4.69, 9.17) is 9.88 Å². The molecule has 0 saturated heterocycles. The number of urea groups is 1. The second kappa shape index (κ2) is 7.99. The van der Waals surface area contributed by atoms with Gasteiger partial charge in [-0.25, -0.2) is 18.4 Å².